The summed E-state index contributed by atoms with van der Waals surface area (Å²) in [5.41, 5.74) is 5.25. The predicted molar refractivity (Wildman–Crippen MR) is 274 cm³/mol. The van der Waals surface area contributed by atoms with Crippen LogP contribution in [0.2, 0.25) is 0 Å². The number of rotatable bonds is 8. The summed E-state index contributed by atoms with van der Waals surface area (Å²) >= 11 is 0. The summed E-state index contributed by atoms with van der Waals surface area (Å²) in [5.74, 6) is -1.71. The average Bonchev–Trinajstić information content (AvgIpc) is 3.30. The molecular weight excluding hydrogens is 929 g/mol. The van der Waals surface area contributed by atoms with Gasteiger partial charge in [0.1, 0.15) is 46.0 Å². The standard InChI is InChI=1S/4C14H12O4/c4*15-11-5-10(6-12(16)8-11)2-1-9-3-4-13(17)14(18)7-9/h4*1-8,15-18H/b4*2-1+. The smallest absolute Gasteiger partial charge is 0.157 e. The van der Waals surface area contributed by atoms with Crippen LogP contribution in [-0.2, 0) is 0 Å². The normalized spacial score (nSPS) is 10.9. The van der Waals surface area contributed by atoms with Crippen LogP contribution in [0, 0.1) is 0 Å². The van der Waals surface area contributed by atoms with Crippen LogP contribution in [0.5, 0.6) is 92.0 Å². The molecule has 0 spiro atoms. The molecule has 0 aliphatic heterocycles. The van der Waals surface area contributed by atoms with E-state index in [2.05, 4.69) is 0 Å². The van der Waals surface area contributed by atoms with Crippen LogP contribution in [-0.4, -0.2) is 81.7 Å². The highest BCUT2D eigenvalue weighted by Crippen LogP contribution is 2.31. The lowest BCUT2D eigenvalue weighted by Crippen LogP contribution is -1.75. The van der Waals surface area contributed by atoms with Crippen LogP contribution in [0.4, 0.5) is 0 Å². The summed E-state index contributed by atoms with van der Waals surface area (Å²) in [5, 5.41) is 148. The van der Waals surface area contributed by atoms with Crippen LogP contribution in [0.25, 0.3) is 48.6 Å². The van der Waals surface area contributed by atoms with Crippen molar-refractivity contribution in [3.05, 3.63) is 190 Å². The molecule has 0 bridgehead atoms. The van der Waals surface area contributed by atoms with Gasteiger partial charge in [-0.3, -0.25) is 0 Å². The maximum atomic E-state index is 9.32. The van der Waals surface area contributed by atoms with E-state index in [1.54, 1.807) is 72.9 Å². The SMILES string of the molecule is Oc1cc(O)cc(/C=C/c2ccc(O)c(O)c2)c1.Oc1cc(O)cc(/C=C/c2ccc(O)c(O)c2)c1.Oc1cc(O)cc(/C=C/c2ccc(O)c(O)c2)c1.Oc1cc(O)cc(/C=C/c2ccc(O)c(O)c2)c1. The minimum atomic E-state index is -0.198. The van der Waals surface area contributed by atoms with E-state index in [9.17, 15) is 61.3 Å². The topological polar surface area (TPSA) is 324 Å². The molecule has 16 nitrogen and oxygen atoms in total. The van der Waals surface area contributed by atoms with E-state index in [-0.39, 0.29) is 92.0 Å². The molecule has 368 valence electrons. The highest BCUT2D eigenvalue weighted by Gasteiger charge is 2.04. The first-order valence-corrected chi connectivity index (χ1v) is 21.1. The second kappa shape index (κ2) is 24.5. The molecule has 0 radical (unpaired) electrons. The van der Waals surface area contributed by atoms with Gasteiger partial charge in [-0.25, -0.2) is 0 Å². The molecule has 0 unspecified atom stereocenters. The van der Waals surface area contributed by atoms with Crippen LogP contribution < -0.4 is 0 Å². The van der Waals surface area contributed by atoms with Gasteiger partial charge >= 0.3 is 0 Å². The maximum absolute atomic E-state index is 9.32. The molecule has 72 heavy (non-hydrogen) atoms. The second-order valence-electron chi connectivity index (χ2n) is 15.5. The highest BCUT2D eigenvalue weighted by atomic mass is 16.3. The fraction of sp³-hybridized carbons (Fsp3) is 0. The first-order chi connectivity index (χ1) is 34.2. The monoisotopic (exact) mass is 976 g/mol. The van der Waals surface area contributed by atoms with E-state index in [0.29, 0.717) is 44.5 Å². The van der Waals surface area contributed by atoms with Gasteiger partial charge in [0.05, 0.1) is 0 Å². The molecule has 0 heterocycles. The first kappa shape index (κ1) is 52.5. The van der Waals surface area contributed by atoms with E-state index in [0.717, 1.165) is 0 Å². The van der Waals surface area contributed by atoms with Crippen molar-refractivity contribution in [3.8, 4) is 92.0 Å². The Balaban J connectivity index is 0.000000178. The van der Waals surface area contributed by atoms with Crippen LogP contribution in [0.3, 0.4) is 0 Å². The van der Waals surface area contributed by atoms with Gasteiger partial charge < -0.3 is 81.7 Å². The zero-order valence-corrected chi connectivity index (χ0v) is 37.6. The average molecular weight is 977 g/mol. The Hall–Kier alpha value is -10.5. The van der Waals surface area contributed by atoms with Crippen molar-refractivity contribution < 1.29 is 81.7 Å². The van der Waals surface area contributed by atoms with E-state index < -0.39 is 0 Å². The summed E-state index contributed by atoms with van der Waals surface area (Å²) < 4.78 is 0. The van der Waals surface area contributed by atoms with Crippen molar-refractivity contribution in [2.75, 3.05) is 0 Å². The molecule has 16 heteroatoms. The molecule has 0 aromatic heterocycles. The van der Waals surface area contributed by atoms with Crippen molar-refractivity contribution in [3.63, 3.8) is 0 Å². The molecule has 8 aromatic carbocycles. The molecule has 0 saturated carbocycles. The van der Waals surface area contributed by atoms with E-state index in [1.807, 2.05) is 0 Å². The van der Waals surface area contributed by atoms with Gasteiger partial charge in [0, 0.05) is 24.3 Å². The maximum Gasteiger partial charge on any atom is 0.157 e. The van der Waals surface area contributed by atoms with Gasteiger partial charge in [-0.2, -0.15) is 0 Å². The Morgan fingerprint density at radius 3 is 0.458 bits per heavy atom. The zero-order valence-electron chi connectivity index (χ0n) is 37.6. The molecule has 16 N–H and O–H groups in total. The van der Waals surface area contributed by atoms with E-state index in [4.69, 9.17) is 20.4 Å². The highest BCUT2D eigenvalue weighted by molar-refractivity contribution is 5.75. The number of hydrogen-bond donors (Lipinski definition) is 16. The molecule has 0 aliphatic carbocycles. The third-order valence-corrected chi connectivity index (χ3v) is 9.57. The van der Waals surface area contributed by atoms with Gasteiger partial charge in [0.15, 0.2) is 46.0 Å². The number of phenols is 16. The Morgan fingerprint density at radius 1 is 0.153 bits per heavy atom. The van der Waals surface area contributed by atoms with Gasteiger partial charge in [0.25, 0.3) is 0 Å². The Bertz CT molecular complexity index is 2770. The molecule has 0 aliphatic rings. The Labute approximate surface area is 411 Å². The number of aromatic hydroxyl groups is 16. The number of phenolic OH excluding ortho intramolecular Hbond substituents is 16. The fourth-order valence-corrected chi connectivity index (χ4v) is 6.20. The van der Waals surface area contributed by atoms with Gasteiger partial charge in [-0.05, 0) is 142 Å². The zero-order chi connectivity index (χ0) is 52.5. The minimum Gasteiger partial charge on any atom is -0.508 e. The quantitative estimate of drug-likeness (QED) is 0.0497. The first-order valence-electron chi connectivity index (χ1n) is 21.1. The van der Waals surface area contributed by atoms with E-state index >= 15 is 0 Å². The van der Waals surface area contributed by atoms with Gasteiger partial charge in [0.2, 0.25) is 0 Å². The van der Waals surface area contributed by atoms with Crippen LogP contribution in [0.15, 0.2) is 146 Å². The van der Waals surface area contributed by atoms with Crippen molar-refractivity contribution in [1.82, 2.24) is 0 Å². The lowest BCUT2D eigenvalue weighted by Gasteiger charge is -2.00. The van der Waals surface area contributed by atoms with Crippen LogP contribution in [0.1, 0.15) is 44.5 Å². The molecule has 0 saturated heterocycles. The number of benzene rings is 8. The molecule has 0 amide bonds. The summed E-state index contributed by atoms with van der Waals surface area (Å²) in [7, 11) is 0. The third kappa shape index (κ3) is 17.0. The molecule has 8 rings (SSSR count). The number of hydrogen-bond acceptors (Lipinski definition) is 16. The predicted octanol–water partition coefficient (Wildman–Crippen LogP) is 10.7. The molecular formula is C56H48O16. The van der Waals surface area contributed by atoms with Crippen molar-refractivity contribution in [1.29, 1.82) is 0 Å². The van der Waals surface area contributed by atoms with E-state index in [1.165, 1.54) is 121 Å². The lowest BCUT2D eigenvalue weighted by atomic mass is 10.1. The van der Waals surface area contributed by atoms with Crippen molar-refractivity contribution in [2.24, 2.45) is 0 Å². The Morgan fingerprint density at radius 2 is 0.306 bits per heavy atom. The Kier molecular flexibility index (Phi) is 17.9. The third-order valence-electron chi connectivity index (χ3n) is 9.57. The molecule has 8 aromatic rings. The van der Waals surface area contributed by atoms with Gasteiger partial charge in [-0.1, -0.05) is 72.9 Å². The van der Waals surface area contributed by atoms with Crippen molar-refractivity contribution in [2.45, 2.75) is 0 Å². The minimum absolute atomic E-state index is 0.0248. The van der Waals surface area contributed by atoms with Gasteiger partial charge in [-0.15, -0.1) is 0 Å². The second-order valence-corrected chi connectivity index (χ2v) is 15.5. The van der Waals surface area contributed by atoms with Crippen LogP contribution >= 0.6 is 0 Å². The summed E-state index contributed by atoms with van der Waals surface area (Å²) in [6, 6.07) is 34.6. The summed E-state index contributed by atoms with van der Waals surface area (Å²) in [4.78, 5) is 0. The fourth-order valence-electron chi connectivity index (χ4n) is 6.20. The van der Waals surface area contributed by atoms with Crippen molar-refractivity contribution >= 4 is 48.6 Å². The largest absolute Gasteiger partial charge is 0.508 e. The summed E-state index contributed by atoms with van der Waals surface area (Å²) in [6.07, 6.45) is 13.4. The summed E-state index contributed by atoms with van der Waals surface area (Å²) in [6.45, 7) is 0. The lowest BCUT2D eigenvalue weighted by molar-refractivity contribution is 0.403. The molecule has 0 atom stereocenters. The molecule has 0 fully saturated rings.